The first-order chi connectivity index (χ1) is 15.0. The average molecular weight is 433 g/mol. The van der Waals surface area contributed by atoms with E-state index in [0.29, 0.717) is 23.5 Å². The lowest BCUT2D eigenvalue weighted by molar-refractivity contribution is -0.113. The Kier molecular flexibility index (Phi) is 3.97. The van der Waals surface area contributed by atoms with Crippen molar-refractivity contribution in [3.63, 3.8) is 0 Å². The molecule has 3 aromatic heterocycles. The molecule has 0 saturated carbocycles. The smallest absolute Gasteiger partial charge is 0.175 e. The van der Waals surface area contributed by atoms with Gasteiger partial charge in [-0.05, 0) is 48.0 Å². The first-order valence-electron chi connectivity index (χ1n) is 10.0. The summed E-state index contributed by atoms with van der Waals surface area (Å²) in [6.07, 6.45) is 5.13. The Hall–Kier alpha value is -3.23. The molecule has 5 heterocycles. The van der Waals surface area contributed by atoms with Crippen LogP contribution in [0.2, 0.25) is 0 Å². The Morgan fingerprint density at radius 1 is 1.00 bits per heavy atom. The largest absolute Gasteiger partial charge is 0.454 e. The van der Waals surface area contributed by atoms with E-state index in [4.69, 9.17) is 9.15 Å². The SMILES string of the molecule is CS(=O)(=O)c1ccc(-c2cc3nccc(-c4ccnc(N5CC6OCC65)c4)c3o2)cc1. The summed E-state index contributed by atoms with van der Waals surface area (Å²) in [4.78, 5) is 11.5. The molecule has 4 aromatic rings. The van der Waals surface area contributed by atoms with E-state index in [9.17, 15) is 8.42 Å². The third kappa shape index (κ3) is 3.02. The zero-order valence-corrected chi connectivity index (χ0v) is 17.5. The fraction of sp³-hybridized carbons (Fsp3) is 0.217. The number of morpholine rings is 1. The summed E-state index contributed by atoms with van der Waals surface area (Å²) >= 11 is 0. The Labute approximate surface area is 179 Å². The van der Waals surface area contributed by atoms with Gasteiger partial charge in [-0.2, -0.15) is 0 Å². The summed E-state index contributed by atoms with van der Waals surface area (Å²) in [5, 5.41) is 0. The number of pyridine rings is 2. The molecule has 0 N–H and O–H groups in total. The van der Waals surface area contributed by atoms with Crippen molar-refractivity contribution in [1.82, 2.24) is 9.97 Å². The molecular formula is C23H19N3O4S. The lowest BCUT2D eigenvalue weighted by Crippen LogP contribution is -2.71. The number of aromatic nitrogens is 2. The number of furan rings is 1. The van der Waals surface area contributed by atoms with Gasteiger partial charge in [0.2, 0.25) is 0 Å². The van der Waals surface area contributed by atoms with Crippen LogP contribution in [0.4, 0.5) is 5.82 Å². The van der Waals surface area contributed by atoms with Crippen molar-refractivity contribution in [2.24, 2.45) is 0 Å². The fourth-order valence-corrected chi connectivity index (χ4v) is 4.79. The predicted octanol–water partition coefficient (Wildman–Crippen LogP) is 3.55. The molecule has 1 aromatic carbocycles. The number of rotatable bonds is 4. The van der Waals surface area contributed by atoms with Crippen molar-refractivity contribution in [2.45, 2.75) is 17.0 Å². The molecule has 2 saturated heterocycles. The third-order valence-electron chi connectivity index (χ3n) is 6.02. The van der Waals surface area contributed by atoms with Crippen LogP contribution in [0.1, 0.15) is 0 Å². The molecule has 2 atom stereocenters. The first-order valence-corrected chi connectivity index (χ1v) is 11.9. The van der Waals surface area contributed by atoms with Gasteiger partial charge < -0.3 is 14.1 Å². The van der Waals surface area contributed by atoms with Crippen LogP contribution in [-0.4, -0.2) is 49.9 Å². The molecule has 0 amide bonds. The Bertz CT molecular complexity index is 1410. The van der Waals surface area contributed by atoms with E-state index >= 15 is 0 Å². The second-order valence-electron chi connectivity index (χ2n) is 7.97. The number of hydrogen-bond acceptors (Lipinski definition) is 7. The van der Waals surface area contributed by atoms with E-state index in [2.05, 4.69) is 20.9 Å². The van der Waals surface area contributed by atoms with Gasteiger partial charge in [-0.1, -0.05) is 0 Å². The van der Waals surface area contributed by atoms with Gasteiger partial charge in [-0.15, -0.1) is 0 Å². The number of nitrogens with zero attached hydrogens (tertiary/aromatic N) is 3. The molecular weight excluding hydrogens is 414 g/mol. The topological polar surface area (TPSA) is 85.5 Å². The first kappa shape index (κ1) is 18.5. The van der Waals surface area contributed by atoms with Crippen molar-refractivity contribution in [3.8, 4) is 22.5 Å². The van der Waals surface area contributed by atoms with Gasteiger partial charge in [0.05, 0.1) is 23.6 Å². The maximum Gasteiger partial charge on any atom is 0.175 e. The van der Waals surface area contributed by atoms with E-state index in [1.165, 1.54) is 6.26 Å². The lowest BCUT2D eigenvalue weighted by atomic mass is 9.94. The predicted molar refractivity (Wildman–Crippen MR) is 117 cm³/mol. The van der Waals surface area contributed by atoms with E-state index in [-0.39, 0.29) is 4.90 Å². The Balaban J connectivity index is 1.38. The normalized spacial score (nSPS) is 20.2. The molecule has 2 aliphatic rings. The minimum atomic E-state index is -3.24. The van der Waals surface area contributed by atoms with Crippen LogP contribution >= 0.6 is 0 Å². The molecule has 31 heavy (non-hydrogen) atoms. The summed E-state index contributed by atoms with van der Waals surface area (Å²) in [5.41, 5.74) is 4.18. The Morgan fingerprint density at radius 3 is 2.48 bits per heavy atom. The van der Waals surface area contributed by atoms with Gasteiger partial charge in [-0.25, -0.2) is 13.4 Å². The monoisotopic (exact) mass is 433 g/mol. The van der Waals surface area contributed by atoms with Crippen LogP contribution in [-0.2, 0) is 14.6 Å². The van der Waals surface area contributed by atoms with Gasteiger partial charge >= 0.3 is 0 Å². The van der Waals surface area contributed by atoms with E-state index in [1.807, 2.05) is 24.4 Å². The second kappa shape index (κ2) is 6.63. The lowest BCUT2D eigenvalue weighted by Gasteiger charge is -2.55. The van der Waals surface area contributed by atoms with Gasteiger partial charge in [0.1, 0.15) is 17.1 Å². The van der Waals surface area contributed by atoms with E-state index < -0.39 is 9.84 Å². The maximum absolute atomic E-state index is 11.7. The number of anilines is 1. The highest BCUT2D eigenvalue weighted by Gasteiger charge is 2.47. The number of fused-ring (bicyclic) bond motifs is 2. The van der Waals surface area contributed by atoms with Crippen LogP contribution in [0.15, 0.2) is 70.2 Å². The van der Waals surface area contributed by atoms with Gasteiger partial charge in [0, 0.05) is 42.4 Å². The van der Waals surface area contributed by atoms with Gasteiger partial charge in [0.25, 0.3) is 0 Å². The summed E-state index contributed by atoms with van der Waals surface area (Å²) in [5.74, 6) is 1.58. The molecule has 2 aliphatic heterocycles. The molecule has 0 aliphatic carbocycles. The van der Waals surface area contributed by atoms with Crippen LogP contribution in [0.25, 0.3) is 33.6 Å². The van der Waals surface area contributed by atoms with Crippen molar-refractivity contribution in [2.75, 3.05) is 24.3 Å². The molecule has 0 radical (unpaired) electrons. The van der Waals surface area contributed by atoms with Crippen LogP contribution in [0, 0.1) is 0 Å². The summed E-state index contributed by atoms with van der Waals surface area (Å²) in [7, 11) is -3.24. The third-order valence-corrected chi connectivity index (χ3v) is 7.15. The molecule has 2 unspecified atom stereocenters. The molecule has 0 bridgehead atoms. The standard InChI is InChI=1S/C23H19N3O4S/c1-31(27,28)16-4-2-14(3-5-16)20-11-18-23(30-20)17(7-9-24-18)15-6-8-25-22(10-15)26-12-21-19(26)13-29-21/h2-11,19,21H,12-13H2,1H3. The van der Waals surface area contributed by atoms with Gasteiger partial charge in [0.15, 0.2) is 15.4 Å². The van der Waals surface area contributed by atoms with Crippen LogP contribution in [0.5, 0.6) is 0 Å². The van der Waals surface area contributed by atoms with Crippen LogP contribution in [0.3, 0.4) is 0 Å². The zero-order chi connectivity index (χ0) is 21.2. The Morgan fingerprint density at radius 2 is 1.81 bits per heavy atom. The number of benzene rings is 1. The highest BCUT2D eigenvalue weighted by atomic mass is 32.2. The van der Waals surface area contributed by atoms with Crippen molar-refractivity contribution in [3.05, 3.63) is 60.9 Å². The van der Waals surface area contributed by atoms with Crippen LogP contribution < -0.4 is 4.90 Å². The quantitative estimate of drug-likeness (QED) is 0.487. The highest BCUT2D eigenvalue weighted by molar-refractivity contribution is 7.90. The minimum absolute atomic E-state index is 0.278. The summed E-state index contributed by atoms with van der Waals surface area (Å²) in [6, 6.07) is 15.0. The molecule has 0 spiro atoms. The van der Waals surface area contributed by atoms with Crippen molar-refractivity contribution in [1.29, 1.82) is 0 Å². The fourth-order valence-electron chi connectivity index (χ4n) is 4.16. The minimum Gasteiger partial charge on any atom is -0.454 e. The molecule has 7 nitrogen and oxygen atoms in total. The van der Waals surface area contributed by atoms with Crippen molar-refractivity contribution < 1.29 is 17.6 Å². The second-order valence-corrected chi connectivity index (χ2v) is 9.99. The average Bonchev–Trinajstić information content (AvgIpc) is 3.19. The van der Waals surface area contributed by atoms with E-state index in [0.717, 1.165) is 41.2 Å². The molecule has 2 fully saturated rings. The van der Waals surface area contributed by atoms with E-state index in [1.54, 1.807) is 30.5 Å². The highest BCUT2D eigenvalue weighted by Crippen LogP contribution is 2.37. The number of sulfone groups is 1. The zero-order valence-electron chi connectivity index (χ0n) is 16.7. The number of ether oxygens (including phenoxy) is 1. The van der Waals surface area contributed by atoms with Crippen molar-refractivity contribution >= 4 is 26.8 Å². The summed E-state index contributed by atoms with van der Waals surface area (Å²) < 4.78 is 35.1. The van der Waals surface area contributed by atoms with Gasteiger partial charge in [-0.3, -0.25) is 4.98 Å². The molecule has 156 valence electrons. The maximum atomic E-state index is 11.7. The summed E-state index contributed by atoms with van der Waals surface area (Å²) in [6.45, 7) is 1.64. The molecule has 8 heteroatoms. The molecule has 6 rings (SSSR count). The number of hydrogen-bond donors (Lipinski definition) is 0.